The highest BCUT2D eigenvalue weighted by Crippen LogP contribution is 2.16. The average Bonchev–Trinajstić information content (AvgIpc) is 2.82. The molecule has 2 amide bonds. The third-order valence-electron chi connectivity index (χ3n) is 4.97. The lowest BCUT2D eigenvalue weighted by atomic mass is 10.1. The summed E-state index contributed by atoms with van der Waals surface area (Å²) in [6.07, 6.45) is 0.973. The Morgan fingerprint density at radius 2 is 1.66 bits per heavy atom. The first kappa shape index (κ1) is 22.7. The Hall–Kier alpha value is -3.95. The van der Waals surface area contributed by atoms with Gasteiger partial charge in [-0.25, -0.2) is 0 Å². The SMILES string of the molecule is N#Cc1ccc(C(=O)N(CCCN)Cc2cccc(NC(=O)Cc3ccccc3)c2)cc1. The highest BCUT2D eigenvalue weighted by Gasteiger charge is 2.16. The molecule has 6 nitrogen and oxygen atoms in total. The summed E-state index contributed by atoms with van der Waals surface area (Å²) in [6.45, 7) is 1.38. The molecule has 3 rings (SSSR count). The summed E-state index contributed by atoms with van der Waals surface area (Å²) in [4.78, 5) is 27.2. The maximum atomic E-state index is 13.1. The van der Waals surface area contributed by atoms with Crippen LogP contribution >= 0.6 is 0 Å². The van der Waals surface area contributed by atoms with E-state index in [2.05, 4.69) is 11.4 Å². The number of benzene rings is 3. The molecule has 3 aromatic rings. The van der Waals surface area contributed by atoms with Crippen LogP contribution in [0.25, 0.3) is 0 Å². The van der Waals surface area contributed by atoms with Crippen LogP contribution < -0.4 is 11.1 Å². The van der Waals surface area contributed by atoms with E-state index in [-0.39, 0.29) is 11.8 Å². The average molecular weight is 427 g/mol. The number of rotatable bonds is 9. The molecule has 0 heterocycles. The zero-order chi connectivity index (χ0) is 22.8. The number of nitrogens with zero attached hydrogens (tertiary/aromatic N) is 2. The molecule has 0 radical (unpaired) electrons. The largest absolute Gasteiger partial charge is 0.334 e. The van der Waals surface area contributed by atoms with Gasteiger partial charge in [-0.15, -0.1) is 0 Å². The first-order valence-electron chi connectivity index (χ1n) is 10.5. The molecule has 0 aliphatic rings. The van der Waals surface area contributed by atoms with E-state index >= 15 is 0 Å². The molecule has 0 atom stereocenters. The van der Waals surface area contributed by atoms with E-state index < -0.39 is 0 Å². The summed E-state index contributed by atoms with van der Waals surface area (Å²) in [5.74, 6) is -0.219. The van der Waals surface area contributed by atoms with Crippen LogP contribution in [0, 0.1) is 11.3 Å². The van der Waals surface area contributed by atoms with Crippen LogP contribution in [0.2, 0.25) is 0 Å². The van der Waals surface area contributed by atoms with Crippen molar-refractivity contribution in [3.05, 3.63) is 101 Å². The van der Waals surface area contributed by atoms with Gasteiger partial charge < -0.3 is 16.0 Å². The van der Waals surface area contributed by atoms with Crippen molar-refractivity contribution in [2.24, 2.45) is 5.73 Å². The van der Waals surface area contributed by atoms with Gasteiger partial charge in [0.05, 0.1) is 18.1 Å². The zero-order valence-electron chi connectivity index (χ0n) is 17.8. The molecule has 0 aromatic heterocycles. The third-order valence-corrected chi connectivity index (χ3v) is 4.97. The first-order valence-corrected chi connectivity index (χ1v) is 10.5. The third kappa shape index (κ3) is 6.53. The van der Waals surface area contributed by atoms with Gasteiger partial charge in [0.1, 0.15) is 0 Å². The van der Waals surface area contributed by atoms with Gasteiger partial charge in [-0.05, 0) is 60.5 Å². The number of nitriles is 1. The fourth-order valence-corrected chi connectivity index (χ4v) is 3.36. The zero-order valence-corrected chi connectivity index (χ0v) is 17.8. The Morgan fingerprint density at radius 3 is 2.34 bits per heavy atom. The van der Waals surface area contributed by atoms with Crippen molar-refractivity contribution in [1.29, 1.82) is 5.26 Å². The Kier molecular flexibility index (Phi) is 8.13. The minimum atomic E-state index is -0.124. The standard InChI is InChI=1S/C26H26N4O2/c27-14-5-15-30(26(32)23-12-10-21(18-28)11-13-23)19-22-8-4-9-24(16-22)29-25(31)17-20-6-2-1-3-7-20/h1-4,6-13,16H,5,14-15,17,19,27H2,(H,29,31). The van der Waals surface area contributed by atoms with Gasteiger partial charge in [0.15, 0.2) is 0 Å². The highest BCUT2D eigenvalue weighted by molar-refractivity contribution is 5.94. The number of hydrogen-bond donors (Lipinski definition) is 2. The van der Waals surface area contributed by atoms with Crippen LogP contribution in [0.4, 0.5) is 5.69 Å². The first-order chi connectivity index (χ1) is 15.6. The second-order valence-electron chi connectivity index (χ2n) is 7.47. The number of carbonyl (C=O) groups is 2. The number of nitrogens with two attached hydrogens (primary N) is 1. The molecule has 0 bridgehead atoms. The minimum Gasteiger partial charge on any atom is -0.334 e. The normalized spacial score (nSPS) is 10.2. The molecule has 6 heteroatoms. The molecule has 0 aliphatic heterocycles. The van der Waals surface area contributed by atoms with Gasteiger partial charge in [-0.2, -0.15) is 5.26 Å². The maximum absolute atomic E-state index is 13.1. The number of anilines is 1. The Bertz CT molecular complexity index is 1090. The lowest BCUT2D eigenvalue weighted by Gasteiger charge is -2.23. The molecule has 0 saturated heterocycles. The molecule has 3 aromatic carbocycles. The van der Waals surface area contributed by atoms with Crippen LogP contribution in [0.3, 0.4) is 0 Å². The summed E-state index contributed by atoms with van der Waals surface area (Å²) in [5.41, 5.74) is 9.24. The monoisotopic (exact) mass is 426 g/mol. The topological polar surface area (TPSA) is 99.2 Å². The van der Waals surface area contributed by atoms with Gasteiger partial charge in [-0.1, -0.05) is 42.5 Å². The second kappa shape index (κ2) is 11.4. The van der Waals surface area contributed by atoms with Crippen LogP contribution in [0.15, 0.2) is 78.9 Å². The fraction of sp³-hybridized carbons (Fsp3) is 0.192. The Labute approximate surface area is 188 Å². The van der Waals surface area contributed by atoms with E-state index in [1.807, 2.05) is 54.6 Å². The lowest BCUT2D eigenvalue weighted by molar-refractivity contribution is -0.115. The van der Waals surface area contributed by atoms with Gasteiger partial charge in [-0.3, -0.25) is 9.59 Å². The van der Waals surface area contributed by atoms with Gasteiger partial charge >= 0.3 is 0 Å². The summed E-state index contributed by atoms with van der Waals surface area (Å²) in [7, 11) is 0. The summed E-state index contributed by atoms with van der Waals surface area (Å²) >= 11 is 0. The number of nitrogens with one attached hydrogen (secondary N) is 1. The van der Waals surface area contributed by atoms with Crippen molar-refractivity contribution in [2.75, 3.05) is 18.4 Å². The van der Waals surface area contributed by atoms with Crippen molar-refractivity contribution >= 4 is 17.5 Å². The van der Waals surface area contributed by atoms with Crippen LogP contribution in [-0.2, 0) is 17.8 Å². The number of carbonyl (C=O) groups excluding carboxylic acids is 2. The summed E-state index contributed by atoms with van der Waals surface area (Å²) in [5, 5.41) is 11.9. The van der Waals surface area contributed by atoms with Crippen molar-refractivity contribution in [1.82, 2.24) is 4.90 Å². The summed E-state index contributed by atoms with van der Waals surface area (Å²) in [6, 6.07) is 25.7. The molecule has 32 heavy (non-hydrogen) atoms. The van der Waals surface area contributed by atoms with Crippen LogP contribution in [0.1, 0.15) is 33.5 Å². The molecule has 0 fully saturated rings. The molecule has 0 aliphatic carbocycles. The van der Waals surface area contributed by atoms with Gasteiger partial charge in [0.25, 0.3) is 5.91 Å². The quantitative estimate of drug-likeness (QED) is 0.545. The molecule has 0 spiro atoms. The van der Waals surface area contributed by atoms with Gasteiger partial charge in [0.2, 0.25) is 5.91 Å². The maximum Gasteiger partial charge on any atom is 0.254 e. The molecule has 162 valence electrons. The Morgan fingerprint density at radius 1 is 0.938 bits per heavy atom. The summed E-state index contributed by atoms with van der Waals surface area (Å²) < 4.78 is 0. The van der Waals surface area contributed by atoms with E-state index in [1.54, 1.807) is 29.2 Å². The van der Waals surface area contributed by atoms with Crippen LogP contribution in [-0.4, -0.2) is 29.8 Å². The smallest absolute Gasteiger partial charge is 0.254 e. The molecular weight excluding hydrogens is 400 g/mol. The van der Waals surface area contributed by atoms with Crippen molar-refractivity contribution in [2.45, 2.75) is 19.4 Å². The minimum absolute atomic E-state index is 0.0954. The molecule has 0 unspecified atom stereocenters. The van der Waals surface area contributed by atoms with Crippen molar-refractivity contribution in [3.63, 3.8) is 0 Å². The van der Waals surface area contributed by atoms with E-state index in [0.29, 0.717) is 49.3 Å². The number of hydrogen-bond acceptors (Lipinski definition) is 4. The van der Waals surface area contributed by atoms with E-state index in [1.165, 1.54) is 0 Å². The van der Waals surface area contributed by atoms with E-state index in [9.17, 15) is 9.59 Å². The van der Waals surface area contributed by atoms with Crippen LogP contribution in [0.5, 0.6) is 0 Å². The van der Waals surface area contributed by atoms with E-state index in [0.717, 1.165) is 11.1 Å². The van der Waals surface area contributed by atoms with Crippen molar-refractivity contribution in [3.8, 4) is 6.07 Å². The van der Waals surface area contributed by atoms with E-state index in [4.69, 9.17) is 11.0 Å². The second-order valence-corrected chi connectivity index (χ2v) is 7.47. The fourth-order valence-electron chi connectivity index (χ4n) is 3.36. The predicted octanol–water partition coefficient (Wildman–Crippen LogP) is 3.73. The van der Waals surface area contributed by atoms with Crippen molar-refractivity contribution < 1.29 is 9.59 Å². The van der Waals surface area contributed by atoms with Gasteiger partial charge in [0, 0.05) is 24.3 Å². The molecule has 0 saturated carbocycles. The Balaban J connectivity index is 1.70. The lowest BCUT2D eigenvalue weighted by Crippen LogP contribution is -2.32. The molecular formula is C26H26N4O2. The predicted molar refractivity (Wildman–Crippen MR) is 125 cm³/mol. The molecule has 3 N–H and O–H groups in total. The highest BCUT2D eigenvalue weighted by atomic mass is 16.2. The number of amides is 2.